The predicted octanol–water partition coefficient (Wildman–Crippen LogP) is 4.04. The van der Waals surface area contributed by atoms with Crippen molar-refractivity contribution in [1.82, 2.24) is 9.78 Å². The summed E-state index contributed by atoms with van der Waals surface area (Å²) in [6.07, 6.45) is 2.98. The van der Waals surface area contributed by atoms with Gasteiger partial charge in [0.15, 0.2) is 15.6 Å². The van der Waals surface area contributed by atoms with Crippen molar-refractivity contribution in [2.24, 2.45) is 0 Å². The smallest absolute Gasteiger partial charge is 0.328 e. The molecule has 0 aliphatic rings. The highest BCUT2D eigenvalue weighted by molar-refractivity contribution is 7.98. The van der Waals surface area contributed by atoms with Gasteiger partial charge in [0.2, 0.25) is 0 Å². The van der Waals surface area contributed by atoms with E-state index >= 15 is 0 Å². The maximum Gasteiger partial charge on any atom is 0.328 e. The van der Waals surface area contributed by atoms with Gasteiger partial charge in [0.05, 0.1) is 15.6 Å². The van der Waals surface area contributed by atoms with Gasteiger partial charge >= 0.3 is 5.97 Å². The van der Waals surface area contributed by atoms with Crippen LogP contribution in [0.5, 0.6) is 0 Å². The highest BCUT2D eigenvalue weighted by Crippen LogP contribution is 2.35. The second-order valence-corrected chi connectivity index (χ2v) is 9.50. The van der Waals surface area contributed by atoms with Gasteiger partial charge in [-0.2, -0.15) is 5.10 Å². The number of carbonyl (C=O) groups excluding carboxylic acids is 1. The molecule has 2 aromatic heterocycles. The minimum absolute atomic E-state index is 0.108. The number of aromatic nitrogens is 2. The van der Waals surface area contributed by atoms with Crippen LogP contribution >= 0.6 is 23.4 Å². The summed E-state index contributed by atoms with van der Waals surface area (Å²) in [7, 11) is -3.34. The molecule has 0 amide bonds. The van der Waals surface area contributed by atoms with Crippen LogP contribution in [-0.4, -0.2) is 42.6 Å². The second kappa shape index (κ2) is 8.64. The van der Waals surface area contributed by atoms with Crippen molar-refractivity contribution in [3.05, 3.63) is 47.1 Å². The number of ether oxygens (including phenoxy) is 1. The number of aryl methyl sites for hydroxylation is 1. The number of carbonyl (C=O) groups is 1. The number of halogens is 1. The number of rotatable bonds is 7. The van der Waals surface area contributed by atoms with Crippen molar-refractivity contribution < 1.29 is 22.4 Å². The number of sulfone groups is 1. The molecule has 2 heterocycles. The fourth-order valence-corrected chi connectivity index (χ4v) is 3.85. The minimum atomic E-state index is -3.34. The zero-order chi connectivity index (χ0) is 21.2. The molecular formula is C19H19ClN2O5S2. The second-order valence-electron chi connectivity index (χ2n) is 6.29. The number of nitrogens with zero attached hydrogens (tertiary/aromatic N) is 2. The lowest BCUT2D eigenvalue weighted by Crippen LogP contribution is -2.15. The number of hydrogen-bond acceptors (Lipinski definition) is 7. The van der Waals surface area contributed by atoms with E-state index in [4.69, 9.17) is 20.8 Å². The molecule has 3 aromatic rings. The van der Waals surface area contributed by atoms with Gasteiger partial charge in [-0.25, -0.2) is 13.1 Å². The topological polar surface area (TPSA) is 91.4 Å². The van der Waals surface area contributed by atoms with E-state index in [9.17, 15) is 13.2 Å². The molecular weight excluding hydrogens is 436 g/mol. The van der Waals surface area contributed by atoms with Crippen LogP contribution < -0.4 is 0 Å². The molecule has 0 aliphatic heterocycles. The van der Waals surface area contributed by atoms with Crippen LogP contribution in [0.25, 0.3) is 22.8 Å². The fourth-order valence-electron chi connectivity index (χ4n) is 2.70. The minimum Gasteiger partial charge on any atom is -0.454 e. The van der Waals surface area contributed by atoms with E-state index in [0.29, 0.717) is 33.5 Å². The first-order chi connectivity index (χ1) is 13.7. The van der Waals surface area contributed by atoms with Crippen molar-refractivity contribution in [3.8, 4) is 22.8 Å². The average molecular weight is 455 g/mol. The number of furan rings is 1. The van der Waals surface area contributed by atoms with E-state index in [1.807, 2.05) is 6.26 Å². The van der Waals surface area contributed by atoms with Crippen molar-refractivity contribution in [2.45, 2.75) is 18.4 Å². The van der Waals surface area contributed by atoms with Gasteiger partial charge in [-0.05, 0) is 37.4 Å². The Morgan fingerprint density at radius 2 is 2.00 bits per heavy atom. The number of hydrogen-bond donors (Lipinski definition) is 0. The van der Waals surface area contributed by atoms with Crippen molar-refractivity contribution in [3.63, 3.8) is 0 Å². The molecule has 3 rings (SSSR count). The maximum atomic E-state index is 12.0. The Hall–Kier alpha value is -2.23. The van der Waals surface area contributed by atoms with Gasteiger partial charge < -0.3 is 9.15 Å². The number of esters is 1. The summed E-state index contributed by atoms with van der Waals surface area (Å²) in [5, 5.41) is 4.67. The lowest BCUT2D eigenvalue weighted by atomic mass is 10.2. The Morgan fingerprint density at radius 1 is 1.28 bits per heavy atom. The molecule has 0 N–H and O–H groups in total. The summed E-state index contributed by atoms with van der Waals surface area (Å²) in [6, 6.07) is 9.89. The van der Waals surface area contributed by atoms with E-state index < -0.39 is 15.8 Å². The molecule has 1 aromatic carbocycles. The molecule has 0 aliphatic carbocycles. The highest BCUT2D eigenvalue weighted by atomic mass is 35.5. The SMILES string of the molecule is CSCOC(=O)Cn1nc(C)c(Cl)c1-c1ccc(-c2cccc(S(C)(=O)=O)c2)o1. The third kappa shape index (κ3) is 4.85. The molecule has 0 fully saturated rings. The molecule has 29 heavy (non-hydrogen) atoms. The number of thioether (sulfide) groups is 1. The zero-order valence-electron chi connectivity index (χ0n) is 16.0. The molecule has 0 unspecified atom stereocenters. The van der Waals surface area contributed by atoms with Crippen molar-refractivity contribution in [2.75, 3.05) is 18.5 Å². The Bertz CT molecular complexity index is 1150. The summed E-state index contributed by atoms with van der Waals surface area (Å²) in [5.41, 5.74) is 1.62. The van der Waals surface area contributed by atoms with Gasteiger partial charge in [-0.15, -0.1) is 11.8 Å². The largest absolute Gasteiger partial charge is 0.454 e. The van der Waals surface area contributed by atoms with Crippen LogP contribution in [-0.2, 0) is 25.9 Å². The highest BCUT2D eigenvalue weighted by Gasteiger charge is 2.21. The lowest BCUT2D eigenvalue weighted by Gasteiger charge is -2.06. The Balaban J connectivity index is 1.96. The van der Waals surface area contributed by atoms with Crippen LogP contribution in [0.2, 0.25) is 5.02 Å². The van der Waals surface area contributed by atoms with E-state index in [0.717, 1.165) is 6.26 Å². The van der Waals surface area contributed by atoms with Gasteiger partial charge in [-0.1, -0.05) is 23.7 Å². The summed E-state index contributed by atoms with van der Waals surface area (Å²) in [6.45, 7) is 1.62. The van der Waals surface area contributed by atoms with Gasteiger partial charge in [0.1, 0.15) is 23.9 Å². The summed E-state index contributed by atoms with van der Waals surface area (Å²) < 4.78 is 36.1. The summed E-state index contributed by atoms with van der Waals surface area (Å²) >= 11 is 7.79. The number of benzene rings is 1. The molecule has 7 nitrogen and oxygen atoms in total. The molecule has 0 spiro atoms. The van der Waals surface area contributed by atoms with Gasteiger partial charge in [0, 0.05) is 11.8 Å². The van der Waals surface area contributed by atoms with E-state index in [-0.39, 0.29) is 17.4 Å². The van der Waals surface area contributed by atoms with Crippen LogP contribution in [0, 0.1) is 6.92 Å². The zero-order valence-corrected chi connectivity index (χ0v) is 18.4. The lowest BCUT2D eigenvalue weighted by molar-refractivity contribution is -0.142. The quantitative estimate of drug-likeness (QED) is 0.393. The van der Waals surface area contributed by atoms with E-state index in [1.165, 1.54) is 22.5 Å². The van der Waals surface area contributed by atoms with Crippen molar-refractivity contribution in [1.29, 1.82) is 0 Å². The summed E-state index contributed by atoms with van der Waals surface area (Å²) in [5.74, 6) is 0.696. The Kier molecular flexibility index (Phi) is 6.40. The molecule has 154 valence electrons. The summed E-state index contributed by atoms with van der Waals surface area (Å²) in [4.78, 5) is 12.2. The van der Waals surface area contributed by atoms with Gasteiger partial charge in [-0.3, -0.25) is 4.79 Å². The van der Waals surface area contributed by atoms with Crippen LogP contribution in [0.4, 0.5) is 0 Å². The first-order valence-electron chi connectivity index (χ1n) is 8.49. The fraction of sp³-hybridized carbons (Fsp3) is 0.263. The van der Waals surface area contributed by atoms with E-state index in [2.05, 4.69) is 5.10 Å². The van der Waals surface area contributed by atoms with Crippen molar-refractivity contribution >= 4 is 39.2 Å². The molecule has 0 saturated carbocycles. The molecule has 0 radical (unpaired) electrons. The predicted molar refractivity (Wildman–Crippen MR) is 113 cm³/mol. The monoisotopic (exact) mass is 454 g/mol. The third-order valence-electron chi connectivity index (χ3n) is 4.06. The third-order valence-corrected chi connectivity index (χ3v) is 5.97. The standard InChI is InChI=1S/C19H19ClN2O5S2/c1-12-18(20)19(22(21-12)10-17(23)26-11-28-2)16-8-7-15(27-16)13-5-4-6-14(9-13)29(3,24)25/h4-9H,10-11H2,1-3H3. The molecule has 0 atom stereocenters. The molecule has 10 heteroatoms. The molecule has 0 saturated heterocycles. The van der Waals surface area contributed by atoms with Gasteiger partial charge in [0.25, 0.3) is 0 Å². The average Bonchev–Trinajstić information content (AvgIpc) is 3.24. The normalized spacial score (nSPS) is 11.6. The van der Waals surface area contributed by atoms with Crippen LogP contribution in [0.15, 0.2) is 45.7 Å². The molecule has 0 bridgehead atoms. The Morgan fingerprint density at radius 3 is 2.69 bits per heavy atom. The Labute approximate surface area is 177 Å². The van der Waals surface area contributed by atoms with Crippen LogP contribution in [0.1, 0.15) is 5.69 Å². The van der Waals surface area contributed by atoms with E-state index in [1.54, 1.807) is 37.3 Å². The maximum absolute atomic E-state index is 12.0. The van der Waals surface area contributed by atoms with Crippen LogP contribution in [0.3, 0.4) is 0 Å². The first-order valence-corrected chi connectivity index (χ1v) is 12.1. The first kappa shape index (κ1) is 21.5.